The Bertz CT molecular complexity index is 366. The van der Waals surface area contributed by atoms with E-state index in [9.17, 15) is 4.79 Å². The lowest BCUT2D eigenvalue weighted by Gasteiger charge is -2.10. The minimum atomic E-state index is 0.234. The largest absolute Gasteiger partial charge is 0.335 e. The van der Waals surface area contributed by atoms with Crippen LogP contribution in [0.3, 0.4) is 0 Å². The van der Waals surface area contributed by atoms with Crippen LogP contribution in [0.1, 0.15) is 38.4 Å². The summed E-state index contributed by atoms with van der Waals surface area (Å²) in [5.74, 6) is 1.11. The van der Waals surface area contributed by atoms with Gasteiger partial charge in [0.2, 0.25) is 0 Å². The highest BCUT2D eigenvalue weighted by molar-refractivity contribution is 5.82. The Morgan fingerprint density at radius 2 is 2.29 bits per heavy atom. The molecule has 1 aliphatic rings. The van der Waals surface area contributed by atoms with Crippen molar-refractivity contribution in [2.24, 2.45) is 0 Å². The van der Waals surface area contributed by atoms with Crippen molar-refractivity contribution in [1.29, 1.82) is 0 Å². The van der Waals surface area contributed by atoms with Gasteiger partial charge in [-0.1, -0.05) is 12.8 Å². The van der Waals surface area contributed by atoms with Crippen molar-refractivity contribution in [1.82, 2.24) is 14.9 Å². The van der Waals surface area contributed by atoms with E-state index in [0.717, 1.165) is 12.4 Å². The van der Waals surface area contributed by atoms with Gasteiger partial charge in [-0.2, -0.15) is 0 Å². The van der Waals surface area contributed by atoms with Gasteiger partial charge in [0, 0.05) is 25.0 Å². The van der Waals surface area contributed by atoms with Crippen molar-refractivity contribution in [2.75, 3.05) is 6.54 Å². The van der Waals surface area contributed by atoms with E-state index in [1.165, 1.54) is 25.7 Å². The number of carbonyl (C=O) groups excluding carboxylic acids is 1. The van der Waals surface area contributed by atoms with E-state index >= 15 is 0 Å². The molecule has 4 heteroatoms. The van der Waals surface area contributed by atoms with E-state index in [-0.39, 0.29) is 5.78 Å². The Balaban J connectivity index is 1.76. The number of nitrogens with one attached hydrogen (secondary N) is 1. The molecule has 0 atom stereocenters. The predicted molar refractivity (Wildman–Crippen MR) is 66.9 cm³/mol. The van der Waals surface area contributed by atoms with Gasteiger partial charge in [-0.25, -0.2) is 4.98 Å². The molecule has 0 amide bonds. The molecule has 0 radical (unpaired) electrons. The third kappa shape index (κ3) is 3.40. The molecule has 94 valence electrons. The number of rotatable bonds is 6. The standard InChI is InChI=1S/C13H21N3O/c1-2-16-8-7-14-13(16)9-12(17)10-15-11-5-3-4-6-11/h7-8,11,15H,2-6,9-10H2,1H3. The third-order valence-corrected chi connectivity index (χ3v) is 3.44. The van der Waals surface area contributed by atoms with Crippen LogP contribution in [0.5, 0.6) is 0 Å². The quantitative estimate of drug-likeness (QED) is 0.813. The number of carbonyl (C=O) groups is 1. The van der Waals surface area contributed by atoms with E-state index < -0.39 is 0 Å². The van der Waals surface area contributed by atoms with Crippen LogP contribution in [0.25, 0.3) is 0 Å². The molecule has 4 nitrogen and oxygen atoms in total. The Kier molecular flexibility index (Phi) is 4.31. The Labute approximate surface area is 102 Å². The lowest BCUT2D eigenvalue weighted by Crippen LogP contribution is -2.32. The molecule has 0 unspecified atom stereocenters. The van der Waals surface area contributed by atoms with Gasteiger partial charge in [0.25, 0.3) is 0 Å². The number of nitrogens with zero attached hydrogens (tertiary/aromatic N) is 2. The van der Waals surface area contributed by atoms with Crippen LogP contribution in [-0.4, -0.2) is 27.9 Å². The SMILES string of the molecule is CCn1ccnc1CC(=O)CNC1CCCC1. The molecule has 1 aliphatic carbocycles. The predicted octanol–water partition coefficient (Wildman–Crippen LogP) is 1.55. The minimum absolute atomic E-state index is 0.234. The van der Waals surface area contributed by atoms with Gasteiger partial charge >= 0.3 is 0 Å². The topological polar surface area (TPSA) is 46.9 Å². The van der Waals surface area contributed by atoms with Crippen LogP contribution in [0.4, 0.5) is 0 Å². The summed E-state index contributed by atoms with van der Waals surface area (Å²) in [6.45, 7) is 3.42. The maximum atomic E-state index is 11.8. The number of hydrogen-bond acceptors (Lipinski definition) is 3. The van der Waals surface area contributed by atoms with Crippen molar-refractivity contribution in [2.45, 2.75) is 51.6 Å². The number of Topliss-reactive ketones (excluding diaryl/α,β-unsaturated/α-hetero) is 1. The van der Waals surface area contributed by atoms with Crippen LogP contribution in [-0.2, 0) is 17.8 Å². The monoisotopic (exact) mass is 235 g/mol. The van der Waals surface area contributed by atoms with Crippen LogP contribution in [0.2, 0.25) is 0 Å². The van der Waals surface area contributed by atoms with Crippen molar-refractivity contribution < 1.29 is 4.79 Å². The number of ketones is 1. The number of aryl methyl sites for hydroxylation is 1. The summed E-state index contributed by atoms with van der Waals surface area (Å²) < 4.78 is 2.02. The van der Waals surface area contributed by atoms with Crippen LogP contribution in [0, 0.1) is 0 Å². The lowest BCUT2D eigenvalue weighted by atomic mass is 10.2. The summed E-state index contributed by atoms with van der Waals surface area (Å²) in [6, 6.07) is 0.560. The van der Waals surface area contributed by atoms with Crippen molar-refractivity contribution in [3.63, 3.8) is 0 Å². The zero-order valence-electron chi connectivity index (χ0n) is 10.5. The molecule has 0 spiro atoms. The molecule has 1 aromatic heterocycles. The average molecular weight is 235 g/mol. The lowest BCUT2D eigenvalue weighted by molar-refractivity contribution is -0.117. The Morgan fingerprint density at radius 3 is 3.00 bits per heavy atom. The summed E-state index contributed by atoms with van der Waals surface area (Å²) >= 11 is 0. The Hall–Kier alpha value is -1.16. The maximum Gasteiger partial charge on any atom is 0.154 e. The fraction of sp³-hybridized carbons (Fsp3) is 0.692. The summed E-state index contributed by atoms with van der Waals surface area (Å²) in [5.41, 5.74) is 0. The van der Waals surface area contributed by atoms with E-state index in [1.54, 1.807) is 6.20 Å². The van der Waals surface area contributed by atoms with Crippen LogP contribution >= 0.6 is 0 Å². The van der Waals surface area contributed by atoms with Gasteiger partial charge in [-0.3, -0.25) is 4.79 Å². The number of hydrogen-bond donors (Lipinski definition) is 1. The normalized spacial score (nSPS) is 16.5. The number of imidazole rings is 1. The maximum absolute atomic E-state index is 11.8. The molecule has 1 N–H and O–H groups in total. The molecular weight excluding hydrogens is 214 g/mol. The van der Waals surface area contributed by atoms with Crippen LogP contribution < -0.4 is 5.32 Å². The fourth-order valence-corrected chi connectivity index (χ4v) is 2.42. The molecule has 1 heterocycles. The first-order chi connectivity index (χ1) is 8.29. The molecule has 1 aromatic rings. The highest BCUT2D eigenvalue weighted by Crippen LogP contribution is 2.17. The third-order valence-electron chi connectivity index (χ3n) is 3.44. The zero-order valence-corrected chi connectivity index (χ0v) is 10.5. The second kappa shape index (κ2) is 5.96. The van der Waals surface area contributed by atoms with Crippen molar-refractivity contribution in [3.8, 4) is 0 Å². The second-order valence-corrected chi connectivity index (χ2v) is 4.71. The van der Waals surface area contributed by atoms with Crippen molar-refractivity contribution >= 4 is 5.78 Å². The summed E-state index contributed by atoms with van der Waals surface area (Å²) in [5, 5.41) is 3.34. The summed E-state index contributed by atoms with van der Waals surface area (Å²) in [7, 11) is 0. The molecule has 0 aliphatic heterocycles. The van der Waals surface area contributed by atoms with Gasteiger partial charge < -0.3 is 9.88 Å². The van der Waals surface area contributed by atoms with Crippen LogP contribution in [0.15, 0.2) is 12.4 Å². The second-order valence-electron chi connectivity index (χ2n) is 4.71. The minimum Gasteiger partial charge on any atom is -0.335 e. The highest BCUT2D eigenvalue weighted by atomic mass is 16.1. The summed E-state index contributed by atoms with van der Waals surface area (Å²) in [4.78, 5) is 16.0. The molecule has 0 bridgehead atoms. The fourth-order valence-electron chi connectivity index (χ4n) is 2.42. The zero-order chi connectivity index (χ0) is 12.1. The molecule has 1 fully saturated rings. The van der Waals surface area contributed by atoms with Crippen molar-refractivity contribution in [3.05, 3.63) is 18.2 Å². The van der Waals surface area contributed by atoms with E-state index in [1.807, 2.05) is 10.8 Å². The van der Waals surface area contributed by atoms with Gasteiger partial charge in [0.15, 0.2) is 5.78 Å². The Morgan fingerprint density at radius 1 is 1.53 bits per heavy atom. The molecule has 0 saturated heterocycles. The summed E-state index contributed by atoms with van der Waals surface area (Å²) in [6.07, 6.45) is 9.16. The molecular formula is C13H21N3O. The molecule has 1 saturated carbocycles. The number of aromatic nitrogens is 2. The molecule has 17 heavy (non-hydrogen) atoms. The first kappa shape index (κ1) is 12.3. The van der Waals surface area contributed by atoms with Gasteiger partial charge in [-0.15, -0.1) is 0 Å². The van der Waals surface area contributed by atoms with Gasteiger partial charge in [0.05, 0.1) is 13.0 Å². The highest BCUT2D eigenvalue weighted by Gasteiger charge is 2.16. The van der Waals surface area contributed by atoms with E-state index in [0.29, 0.717) is 19.0 Å². The van der Waals surface area contributed by atoms with E-state index in [2.05, 4.69) is 17.2 Å². The molecule has 2 rings (SSSR count). The first-order valence-corrected chi connectivity index (χ1v) is 6.54. The van der Waals surface area contributed by atoms with Gasteiger partial charge in [0.1, 0.15) is 5.82 Å². The first-order valence-electron chi connectivity index (χ1n) is 6.54. The smallest absolute Gasteiger partial charge is 0.154 e. The molecule has 0 aromatic carbocycles. The van der Waals surface area contributed by atoms with Gasteiger partial charge in [-0.05, 0) is 19.8 Å². The van der Waals surface area contributed by atoms with E-state index in [4.69, 9.17) is 0 Å². The average Bonchev–Trinajstić information content (AvgIpc) is 2.97.